The fraction of sp³-hybridized carbons (Fsp3) is 0.500. The van der Waals surface area contributed by atoms with Crippen LogP contribution in [0, 0.1) is 0 Å². The Morgan fingerprint density at radius 2 is 2.10 bits per heavy atom. The van der Waals surface area contributed by atoms with E-state index in [1.165, 1.54) is 6.26 Å². The molecule has 10 heavy (non-hydrogen) atoms. The van der Waals surface area contributed by atoms with Crippen LogP contribution in [-0.4, -0.2) is 33.7 Å². The second-order valence-corrected chi connectivity index (χ2v) is 4.11. The van der Waals surface area contributed by atoms with Crippen LogP contribution in [0.15, 0.2) is 17.1 Å². The van der Waals surface area contributed by atoms with Crippen LogP contribution in [0.3, 0.4) is 0 Å². The third-order valence-corrected chi connectivity index (χ3v) is 1.57. The molecule has 0 N–H and O–H groups in total. The first-order chi connectivity index (χ1) is 4.56. The van der Waals surface area contributed by atoms with Crippen molar-refractivity contribution in [3.05, 3.63) is 12.2 Å². The van der Waals surface area contributed by atoms with E-state index >= 15 is 0 Å². The van der Waals surface area contributed by atoms with Gasteiger partial charge in [0.15, 0.2) is 9.84 Å². The van der Waals surface area contributed by atoms with E-state index in [2.05, 4.69) is 4.99 Å². The summed E-state index contributed by atoms with van der Waals surface area (Å²) in [6, 6.07) is 0. The number of aliphatic imine (C=N–C) groups is 1. The highest BCUT2D eigenvalue weighted by Gasteiger charge is 1.94. The van der Waals surface area contributed by atoms with Gasteiger partial charge in [-0.15, -0.1) is 0 Å². The maximum atomic E-state index is 10.5. The van der Waals surface area contributed by atoms with Gasteiger partial charge in [0, 0.05) is 19.5 Å². The lowest BCUT2D eigenvalue weighted by Crippen LogP contribution is -1.98. The number of allylic oxidation sites excluding steroid dienone is 1. The normalized spacial score (nSPS) is 13.4. The van der Waals surface area contributed by atoms with Crippen LogP contribution in [0.5, 0.6) is 0 Å². The molecule has 0 atom stereocenters. The summed E-state index contributed by atoms with van der Waals surface area (Å²) >= 11 is 0. The third-order valence-electron chi connectivity index (χ3n) is 0.770. The van der Waals surface area contributed by atoms with E-state index in [1.54, 1.807) is 25.4 Å². The Hall–Kier alpha value is -0.640. The number of hydrogen-bond donors (Lipinski definition) is 0. The van der Waals surface area contributed by atoms with Crippen molar-refractivity contribution in [3.8, 4) is 0 Å². The van der Waals surface area contributed by atoms with Gasteiger partial charge >= 0.3 is 0 Å². The van der Waals surface area contributed by atoms with Gasteiger partial charge in [-0.25, -0.2) is 8.42 Å². The molecule has 0 fully saturated rings. The summed E-state index contributed by atoms with van der Waals surface area (Å²) in [7, 11) is -1.22. The Kier molecular flexibility index (Phi) is 3.95. The molecular weight excluding hydrogens is 150 g/mol. The number of nitrogens with zero attached hydrogens (tertiary/aromatic N) is 1. The first-order valence-corrected chi connectivity index (χ1v) is 4.87. The van der Waals surface area contributed by atoms with Gasteiger partial charge in [-0.3, -0.25) is 4.99 Å². The van der Waals surface area contributed by atoms with E-state index in [0.29, 0.717) is 0 Å². The molecule has 0 amide bonds. The first kappa shape index (κ1) is 9.36. The van der Waals surface area contributed by atoms with Gasteiger partial charge in [-0.1, -0.05) is 6.08 Å². The lowest BCUT2D eigenvalue weighted by atomic mass is 10.6. The van der Waals surface area contributed by atoms with Crippen molar-refractivity contribution in [1.82, 2.24) is 0 Å². The molecule has 58 valence electrons. The highest BCUT2D eigenvalue weighted by molar-refractivity contribution is 7.90. The molecule has 0 spiro atoms. The van der Waals surface area contributed by atoms with E-state index in [0.717, 1.165) is 0 Å². The van der Waals surface area contributed by atoms with Crippen LogP contribution in [0.25, 0.3) is 0 Å². The predicted molar refractivity (Wildman–Crippen MR) is 43.3 cm³/mol. The smallest absolute Gasteiger partial charge is 0.151 e. The highest BCUT2D eigenvalue weighted by Crippen LogP contribution is 1.82. The molecule has 0 saturated carbocycles. The zero-order chi connectivity index (χ0) is 8.04. The molecule has 0 unspecified atom stereocenters. The molecule has 0 aliphatic carbocycles. The van der Waals surface area contributed by atoms with E-state index in [4.69, 9.17) is 0 Å². The summed E-state index contributed by atoms with van der Waals surface area (Å²) in [5.74, 6) is 0.0824. The molecule has 0 aromatic heterocycles. The molecule has 0 aromatic carbocycles. The minimum atomic E-state index is -2.85. The summed E-state index contributed by atoms with van der Waals surface area (Å²) in [5.41, 5.74) is 0. The predicted octanol–water partition coefficient (Wildman–Crippen LogP) is 0.288. The van der Waals surface area contributed by atoms with Crippen LogP contribution < -0.4 is 0 Å². The van der Waals surface area contributed by atoms with Crippen molar-refractivity contribution in [2.75, 3.05) is 19.1 Å². The molecule has 0 radical (unpaired) electrons. The van der Waals surface area contributed by atoms with Gasteiger partial charge in [-0.05, 0) is 6.08 Å². The Labute approximate surface area is 61.4 Å². The fourth-order valence-corrected chi connectivity index (χ4v) is 0.838. The van der Waals surface area contributed by atoms with Crippen molar-refractivity contribution in [1.29, 1.82) is 0 Å². The Bertz CT molecular complexity index is 226. The molecule has 3 nitrogen and oxygen atoms in total. The second-order valence-electron chi connectivity index (χ2n) is 1.93. The van der Waals surface area contributed by atoms with Gasteiger partial charge in [0.2, 0.25) is 0 Å². The standard InChI is InChI=1S/C6H11NO2S/c1-7-5-3-4-6-10(2,8)9/h3-5H,6H2,1-2H3/b4-3-,7-5?. The molecule has 4 heteroatoms. The number of rotatable bonds is 3. The number of sulfone groups is 1. The summed E-state index contributed by atoms with van der Waals surface area (Å²) in [6.07, 6.45) is 5.91. The summed E-state index contributed by atoms with van der Waals surface area (Å²) < 4.78 is 21.0. The molecular formula is C6H11NO2S. The summed E-state index contributed by atoms with van der Waals surface area (Å²) in [6.45, 7) is 0. The van der Waals surface area contributed by atoms with Crippen LogP contribution in [-0.2, 0) is 9.84 Å². The van der Waals surface area contributed by atoms with Gasteiger partial charge in [0.25, 0.3) is 0 Å². The average Bonchev–Trinajstić information content (AvgIpc) is 1.78. The molecule has 0 saturated heterocycles. The van der Waals surface area contributed by atoms with Crippen molar-refractivity contribution < 1.29 is 8.42 Å². The quantitative estimate of drug-likeness (QED) is 0.558. The van der Waals surface area contributed by atoms with Crippen LogP contribution in [0.2, 0.25) is 0 Å². The average molecular weight is 161 g/mol. The second kappa shape index (κ2) is 4.22. The molecule has 0 heterocycles. The van der Waals surface area contributed by atoms with E-state index in [9.17, 15) is 8.42 Å². The Morgan fingerprint density at radius 1 is 1.50 bits per heavy atom. The number of hydrogen-bond acceptors (Lipinski definition) is 3. The van der Waals surface area contributed by atoms with Crippen molar-refractivity contribution in [2.24, 2.45) is 4.99 Å². The highest BCUT2D eigenvalue weighted by atomic mass is 32.2. The van der Waals surface area contributed by atoms with E-state index in [-0.39, 0.29) is 5.75 Å². The monoisotopic (exact) mass is 161 g/mol. The van der Waals surface area contributed by atoms with Gasteiger partial charge in [0.05, 0.1) is 5.75 Å². The summed E-state index contributed by atoms with van der Waals surface area (Å²) in [4.78, 5) is 3.65. The lowest BCUT2D eigenvalue weighted by molar-refractivity contribution is 0.604. The molecule has 0 aromatic rings. The van der Waals surface area contributed by atoms with Gasteiger partial charge < -0.3 is 0 Å². The first-order valence-electron chi connectivity index (χ1n) is 2.81. The largest absolute Gasteiger partial charge is 0.297 e. The van der Waals surface area contributed by atoms with Crippen LogP contribution in [0.1, 0.15) is 0 Å². The molecule has 0 rings (SSSR count). The zero-order valence-electron chi connectivity index (χ0n) is 6.11. The maximum absolute atomic E-state index is 10.5. The van der Waals surface area contributed by atoms with Gasteiger partial charge in [0.1, 0.15) is 0 Å². The maximum Gasteiger partial charge on any atom is 0.151 e. The van der Waals surface area contributed by atoms with E-state index < -0.39 is 9.84 Å². The lowest BCUT2D eigenvalue weighted by Gasteiger charge is -1.85. The van der Waals surface area contributed by atoms with Crippen molar-refractivity contribution in [3.63, 3.8) is 0 Å². The van der Waals surface area contributed by atoms with Crippen molar-refractivity contribution >= 4 is 16.1 Å². The van der Waals surface area contributed by atoms with Crippen LogP contribution in [0.4, 0.5) is 0 Å². The zero-order valence-corrected chi connectivity index (χ0v) is 6.93. The SMILES string of the molecule is CN=C/C=C\CS(C)(=O)=O. The summed E-state index contributed by atoms with van der Waals surface area (Å²) in [5, 5.41) is 0. The van der Waals surface area contributed by atoms with E-state index in [1.807, 2.05) is 0 Å². The minimum Gasteiger partial charge on any atom is -0.297 e. The topological polar surface area (TPSA) is 46.5 Å². The van der Waals surface area contributed by atoms with Crippen LogP contribution >= 0.6 is 0 Å². The molecule has 0 aliphatic heterocycles. The van der Waals surface area contributed by atoms with Crippen molar-refractivity contribution in [2.45, 2.75) is 0 Å². The third kappa shape index (κ3) is 7.36. The Balaban J connectivity index is 3.76. The molecule has 0 aliphatic rings. The van der Waals surface area contributed by atoms with Gasteiger partial charge in [-0.2, -0.15) is 0 Å². The minimum absolute atomic E-state index is 0.0824. The Morgan fingerprint density at radius 3 is 2.50 bits per heavy atom. The fourth-order valence-electron chi connectivity index (χ4n) is 0.377. The molecule has 0 bridgehead atoms.